The van der Waals surface area contributed by atoms with E-state index in [9.17, 15) is 35.9 Å². The Kier molecular flexibility index (Phi) is 7.61. The van der Waals surface area contributed by atoms with Gasteiger partial charge in [0.1, 0.15) is 17.4 Å². The molecule has 0 spiro atoms. The number of carbonyl (C=O) groups is 1. The summed E-state index contributed by atoms with van der Waals surface area (Å²) in [6.45, 7) is 1.46. The third kappa shape index (κ3) is 5.78. The molecule has 4 aromatic rings. The molecular formula is C25H24F4N6O4S. The first-order valence-electron chi connectivity index (χ1n) is 11.8. The molecular weight excluding hydrogens is 556 g/mol. The second-order valence-electron chi connectivity index (χ2n) is 8.81. The van der Waals surface area contributed by atoms with Crippen molar-refractivity contribution in [2.75, 3.05) is 22.4 Å². The van der Waals surface area contributed by atoms with Crippen molar-refractivity contribution in [3.05, 3.63) is 65.1 Å². The first-order valence-corrected chi connectivity index (χ1v) is 13.4. The van der Waals surface area contributed by atoms with Gasteiger partial charge in [0.05, 0.1) is 34.5 Å². The standard InChI is InChI=1S/C25H24F4N6O4S/c1-3-40(38,39)35(2)19-7-5-4-6-13(19)12-31-24-21-18(33-34-22(21)23(30)37)10-17(32-24)15-8-14(26)9-20(36)16(15)11-25(27,28)29/h4-10,36H,3,11-12H2,1-2H3,(H2,30,37)(H,31,32)(H,33,34). The Bertz CT molecular complexity index is 1710. The summed E-state index contributed by atoms with van der Waals surface area (Å²) in [5, 5.41) is 19.7. The van der Waals surface area contributed by atoms with Crippen LogP contribution in [0.25, 0.3) is 22.2 Å². The van der Waals surface area contributed by atoms with Gasteiger partial charge in [0.15, 0.2) is 5.69 Å². The number of sulfonamides is 1. The average molecular weight is 581 g/mol. The molecule has 2 aromatic heterocycles. The Morgan fingerprint density at radius 3 is 2.55 bits per heavy atom. The molecule has 0 radical (unpaired) electrons. The van der Waals surface area contributed by atoms with Crippen molar-refractivity contribution in [2.24, 2.45) is 5.73 Å². The van der Waals surface area contributed by atoms with Crippen molar-refractivity contribution in [2.45, 2.75) is 26.1 Å². The van der Waals surface area contributed by atoms with Crippen LogP contribution in [0, 0.1) is 5.82 Å². The number of H-pyrrole nitrogens is 1. The number of phenolic OH excluding ortho intramolecular Hbond substituents is 1. The summed E-state index contributed by atoms with van der Waals surface area (Å²) in [4.78, 5) is 16.4. The van der Waals surface area contributed by atoms with Crippen molar-refractivity contribution >= 4 is 38.3 Å². The number of fused-ring (bicyclic) bond motifs is 1. The minimum Gasteiger partial charge on any atom is -0.508 e. The van der Waals surface area contributed by atoms with Gasteiger partial charge >= 0.3 is 6.18 Å². The molecule has 5 N–H and O–H groups in total. The second-order valence-corrected chi connectivity index (χ2v) is 11.1. The molecule has 1 amide bonds. The van der Waals surface area contributed by atoms with Crippen LogP contribution in [0.2, 0.25) is 0 Å². The number of anilines is 2. The van der Waals surface area contributed by atoms with Crippen molar-refractivity contribution in [3.63, 3.8) is 0 Å². The minimum atomic E-state index is -4.73. The van der Waals surface area contributed by atoms with E-state index in [2.05, 4.69) is 20.5 Å². The number of aromatic hydroxyl groups is 1. The lowest BCUT2D eigenvalue weighted by Gasteiger charge is -2.22. The summed E-state index contributed by atoms with van der Waals surface area (Å²) in [5.41, 5.74) is 5.15. The number of carbonyl (C=O) groups excluding carboxylic acids is 1. The molecule has 212 valence electrons. The van der Waals surface area contributed by atoms with E-state index in [4.69, 9.17) is 5.73 Å². The van der Waals surface area contributed by atoms with Gasteiger partial charge in [0.2, 0.25) is 10.0 Å². The summed E-state index contributed by atoms with van der Waals surface area (Å²) in [6.07, 6.45) is -6.28. The van der Waals surface area contributed by atoms with Gasteiger partial charge in [-0.05, 0) is 30.7 Å². The molecule has 0 aliphatic carbocycles. The number of hydrogen-bond donors (Lipinski definition) is 4. The zero-order chi connectivity index (χ0) is 29.4. The van der Waals surface area contributed by atoms with Gasteiger partial charge in [-0.2, -0.15) is 18.3 Å². The Morgan fingerprint density at radius 1 is 1.20 bits per heavy atom. The molecule has 0 aliphatic rings. The predicted octanol–water partition coefficient (Wildman–Crippen LogP) is 4.07. The van der Waals surface area contributed by atoms with Crippen LogP contribution in [0.15, 0.2) is 42.5 Å². The highest BCUT2D eigenvalue weighted by Crippen LogP contribution is 2.38. The molecule has 2 heterocycles. The lowest BCUT2D eigenvalue weighted by atomic mass is 9.99. The summed E-state index contributed by atoms with van der Waals surface area (Å²) in [5.74, 6) is -3.01. The molecule has 0 unspecified atom stereocenters. The van der Waals surface area contributed by atoms with Crippen LogP contribution in [0.3, 0.4) is 0 Å². The molecule has 0 fully saturated rings. The zero-order valence-corrected chi connectivity index (χ0v) is 22.0. The number of phenols is 1. The normalized spacial score (nSPS) is 12.1. The van der Waals surface area contributed by atoms with Gasteiger partial charge in [0, 0.05) is 30.8 Å². The van der Waals surface area contributed by atoms with E-state index >= 15 is 0 Å². The number of amides is 1. The van der Waals surface area contributed by atoms with Gasteiger partial charge in [-0.15, -0.1) is 0 Å². The molecule has 15 heteroatoms. The quantitative estimate of drug-likeness (QED) is 0.218. The van der Waals surface area contributed by atoms with Crippen LogP contribution in [-0.4, -0.2) is 53.6 Å². The maximum Gasteiger partial charge on any atom is 0.393 e. The second kappa shape index (κ2) is 10.6. The van der Waals surface area contributed by atoms with E-state index in [1.165, 1.54) is 20.0 Å². The number of nitrogens with two attached hydrogens (primary N) is 1. The minimum absolute atomic E-state index is 0.0432. The molecule has 0 saturated carbocycles. The van der Waals surface area contributed by atoms with E-state index in [0.717, 1.165) is 10.4 Å². The fourth-order valence-electron chi connectivity index (χ4n) is 4.22. The van der Waals surface area contributed by atoms with Crippen LogP contribution < -0.4 is 15.4 Å². The summed E-state index contributed by atoms with van der Waals surface area (Å²) in [7, 11) is -2.21. The maximum atomic E-state index is 14.2. The molecule has 0 saturated heterocycles. The molecule has 0 bridgehead atoms. The monoisotopic (exact) mass is 580 g/mol. The van der Waals surface area contributed by atoms with Gasteiger partial charge in [0.25, 0.3) is 5.91 Å². The number of hydrogen-bond acceptors (Lipinski definition) is 7. The Labute approximate surface area is 225 Å². The SMILES string of the molecule is CCS(=O)(=O)N(C)c1ccccc1CNc1nc(-c2cc(F)cc(O)c2CC(F)(F)F)cc2[nH]nc(C(N)=O)c12. The molecule has 2 aromatic carbocycles. The number of primary amides is 1. The largest absolute Gasteiger partial charge is 0.508 e. The fraction of sp³-hybridized carbons (Fsp3) is 0.240. The molecule has 0 aliphatic heterocycles. The molecule has 4 rings (SSSR count). The number of aromatic nitrogens is 3. The van der Waals surface area contributed by atoms with Crippen molar-refractivity contribution < 1.29 is 35.9 Å². The summed E-state index contributed by atoms with van der Waals surface area (Å²) >= 11 is 0. The highest BCUT2D eigenvalue weighted by molar-refractivity contribution is 7.92. The van der Waals surface area contributed by atoms with Crippen molar-refractivity contribution in [1.29, 1.82) is 0 Å². The Morgan fingerprint density at radius 2 is 1.90 bits per heavy atom. The number of nitrogens with zero attached hydrogens (tertiary/aromatic N) is 3. The maximum absolute atomic E-state index is 14.2. The lowest BCUT2D eigenvalue weighted by Crippen LogP contribution is -2.29. The van der Waals surface area contributed by atoms with E-state index < -0.39 is 45.7 Å². The highest BCUT2D eigenvalue weighted by Gasteiger charge is 2.32. The van der Waals surface area contributed by atoms with E-state index in [1.54, 1.807) is 24.3 Å². The third-order valence-corrected chi connectivity index (χ3v) is 7.94. The highest BCUT2D eigenvalue weighted by atomic mass is 32.2. The number of halogens is 4. The van der Waals surface area contributed by atoms with E-state index in [1.807, 2.05) is 0 Å². The Balaban J connectivity index is 1.86. The van der Waals surface area contributed by atoms with Gasteiger partial charge in [-0.3, -0.25) is 14.2 Å². The first kappa shape index (κ1) is 28.6. The number of benzene rings is 2. The summed E-state index contributed by atoms with van der Waals surface area (Å²) < 4.78 is 80.2. The lowest BCUT2D eigenvalue weighted by molar-refractivity contribution is -0.127. The molecule has 0 atom stereocenters. The zero-order valence-electron chi connectivity index (χ0n) is 21.2. The number of pyridine rings is 1. The number of nitrogens with one attached hydrogen (secondary N) is 2. The number of para-hydroxylation sites is 1. The molecule has 10 nitrogen and oxygen atoms in total. The van der Waals surface area contributed by atoms with Gasteiger partial charge in [-0.25, -0.2) is 17.8 Å². The van der Waals surface area contributed by atoms with Crippen LogP contribution in [0.4, 0.5) is 29.1 Å². The van der Waals surface area contributed by atoms with Crippen LogP contribution in [-0.2, 0) is 23.0 Å². The molecule has 40 heavy (non-hydrogen) atoms. The van der Waals surface area contributed by atoms with Crippen LogP contribution in [0.1, 0.15) is 28.5 Å². The Hall–Kier alpha value is -4.40. The van der Waals surface area contributed by atoms with E-state index in [0.29, 0.717) is 17.3 Å². The third-order valence-electron chi connectivity index (χ3n) is 6.18. The topological polar surface area (TPSA) is 154 Å². The number of rotatable bonds is 9. The number of alkyl halides is 3. The van der Waals surface area contributed by atoms with E-state index in [-0.39, 0.29) is 46.0 Å². The average Bonchev–Trinajstić information content (AvgIpc) is 3.32. The van der Waals surface area contributed by atoms with Gasteiger partial charge < -0.3 is 16.2 Å². The van der Waals surface area contributed by atoms with Crippen LogP contribution >= 0.6 is 0 Å². The van der Waals surface area contributed by atoms with Crippen molar-refractivity contribution in [3.8, 4) is 17.0 Å². The number of aromatic amines is 1. The summed E-state index contributed by atoms with van der Waals surface area (Å²) in [6, 6.07) is 9.21. The van der Waals surface area contributed by atoms with Gasteiger partial charge in [-0.1, -0.05) is 18.2 Å². The van der Waals surface area contributed by atoms with Crippen LogP contribution in [0.5, 0.6) is 5.75 Å². The first-order chi connectivity index (χ1) is 18.7. The fourth-order valence-corrected chi connectivity index (χ4v) is 5.08. The predicted molar refractivity (Wildman–Crippen MR) is 141 cm³/mol. The van der Waals surface area contributed by atoms with Crippen molar-refractivity contribution in [1.82, 2.24) is 15.2 Å². The smallest absolute Gasteiger partial charge is 0.393 e.